The zero-order valence-corrected chi connectivity index (χ0v) is 21.4. The largest absolute Gasteiger partial charge is 0.496 e. The van der Waals surface area contributed by atoms with Crippen LogP contribution < -0.4 is 5.73 Å². The molecular formula is C27H46N4O2. The molecule has 0 amide bonds. The summed E-state index contributed by atoms with van der Waals surface area (Å²) in [5.41, 5.74) is 7.78. The van der Waals surface area contributed by atoms with Crippen molar-refractivity contribution >= 4 is 11.3 Å². The highest BCUT2D eigenvalue weighted by atomic mass is 16.5. The Morgan fingerprint density at radius 3 is 2.58 bits per heavy atom. The van der Waals surface area contributed by atoms with Gasteiger partial charge in [-0.05, 0) is 31.4 Å². The highest BCUT2D eigenvalue weighted by Gasteiger charge is 2.29. The lowest BCUT2D eigenvalue weighted by atomic mass is 10.0. The van der Waals surface area contributed by atoms with E-state index in [2.05, 4.69) is 30.5 Å². The Hall–Kier alpha value is -2.08. The average molecular weight is 459 g/mol. The third-order valence-electron chi connectivity index (χ3n) is 6.44. The molecule has 1 saturated heterocycles. The van der Waals surface area contributed by atoms with Crippen LogP contribution in [-0.4, -0.2) is 27.3 Å². The number of allylic oxidation sites excluding steroid dienone is 1. The molecule has 0 saturated carbocycles. The number of rotatable bonds is 14. The average Bonchev–Trinajstić information content (AvgIpc) is 3.48. The zero-order chi connectivity index (χ0) is 24.1. The van der Waals surface area contributed by atoms with E-state index in [1.807, 2.05) is 30.5 Å². The summed E-state index contributed by atoms with van der Waals surface area (Å²) in [6, 6.07) is 3.98. The second-order valence-corrected chi connectivity index (χ2v) is 8.97. The van der Waals surface area contributed by atoms with Gasteiger partial charge in [0.05, 0.1) is 17.6 Å². The van der Waals surface area contributed by atoms with Crippen molar-refractivity contribution in [1.29, 1.82) is 0 Å². The summed E-state index contributed by atoms with van der Waals surface area (Å²) in [6.45, 7) is 13.2. The van der Waals surface area contributed by atoms with Crippen LogP contribution in [0.2, 0.25) is 0 Å². The van der Waals surface area contributed by atoms with Crippen molar-refractivity contribution in [2.75, 3.05) is 12.3 Å². The van der Waals surface area contributed by atoms with Gasteiger partial charge in [0, 0.05) is 5.92 Å². The first-order valence-corrected chi connectivity index (χ1v) is 13.1. The fraction of sp³-hybridized carbons (Fsp3) is 0.704. The van der Waals surface area contributed by atoms with Crippen molar-refractivity contribution in [1.82, 2.24) is 14.6 Å². The molecule has 33 heavy (non-hydrogen) atoms. The molecule has 186 valence electrons. The number of hydrogen-bond donors (Lipinski definition) is 1. The molecule has 6 heteroatoms. The van der Waals surface area contributed by atoms with Crippen molar-refractivity contribution in [3.05, 3.63) is 36.5 Å². The van der Waals surface area contributed by atoms with Crippen LogP contribution in [0.15, 0.2) is 30.8 Å². The minimum atomic E-state index is 0.00779. The van der Waals surface area contributed by atoms with E-state index in [1.54, 1.807) is 0 Å². The van der Waals surface area contributed by atoms with Gasteiger partial charge >= 0.3 is 0 Å². The van der Waals surface area contributed by atoms with Gasteiger partial charge in [-0.1, -0.05) is 85.6 Å². The van der Waals surface area contributed by atoms with Crippen LogP contribution in [0.3, 0.4) is 0 Å². The van der Waals surface area contributed by atoms with E-state index >= 15 is 0 Å². The van der Waals surface area contributed by atoms with Gasteiger partial charge in [-0.2, -0.15) is 5.10 Å². The van der Waals surface area contributed by atoms with Gasteiger partial charge in [-0.15, -0.1) is 0 Å². The highest BCUT2D eigenvalue weighted by Crippen LogP contribution is 2.34. The summed E-state index contributed by atoms with van der Waals surface area (Å²) in [5, 5.41) is 4.33. The van der Waals surface area contributed by atoms with Gasteiger partial charge in [0.2, 0.25) is 0 Å². The van der Waals surface area contributed by atoms with E-state index in [9.17, 15) is 0 Å². The molecule has 2 N–H and O–H groups in total. The second-order valence-electron chi connectivity index (χ2n) is 8.97. The van der Waals surface area contributed by atoms with E-state index in [4.69, 9.17) is 15.2 Å². The molecule has 0 spiro atoms. The Bertz CT molecular complexity index is 820. The summed E-state index contributed by atoms with van der Waals surface area (Å²) in [4.78, 5) is 4.05. The molecular weight excluding hydrogens is 412 g/mol. The SMILES string of the molecule is C=C(OCC1CCC(c2ccc3c(N)ncnn23)O1)C(C)CCCCCCCCCC.CC. The minimum absolute atomic E-state index is 0.00779. The first kappa shape index (κ1) is 27.2. The third-order valence-corrected chi connectivity index (χ3v) is 6.44. The molecule has 1 aliphatic rings. The van der Waals surface area contributed by atoms with Crippen molar-refractivity contribution in [2.45, 2.75) is 111 Å². The second kappa shape index (κ2) is 14.9. The van der Waals surface area contributed by atoms with Gasteiger partial charge in [-0.25, -0.2) is 9.50 Å². The number of aromatic nitrogens is 3. The predicted molar refractivity (Wildman–Crippen MR) is 137 cm³/mol. The van der Waals surface area contributed by atoms with Crippen molar-refractivity contribution in [3.63, 3.8) is 0 Å². The van der Waals surface area contributed by atoms with Crippen molar-refractivity contribution in [2.24, 2.45) is 5.92 Å². The lowest BCUT2D eigenvalue weighted by molar-refractivity contribution is -0.00487. The van der Waals surface area contributed by atoms with Gasteiger partial charge < -0.3 is 15.2 Å². The highest BCUT2D eigenvalue weighted by molar-refractivity contribution is 5.65. The smallest absolute Gasteiger partial charge is 0.151 e. The summed E-state index contributed by atoms with van der Waals surface area (Å²) in [5.74, 6) is 1.77. The minimum Gasteiger partial charge on any atom is -0.496 e. The molecule has 0 bridgehead atoms. The summed E-state index contributed by atoms with van der Waals surface area (Å²) >= 11 is 0. The Labute approximate surface area is 200 Å². The number of anilines is 1. The van der Waals surface area contributed by atoms with Crippen LogP contribution in [0.5, 0.6) is 0 Å². The topological polar surface area (TPSA) is 74.7 Å². The van der Waals surface area contributed by atoms with Crippen LogP contribution in [0.1, 0.15) is 110 Å². The Morgan fingerprint density at radius 2 is 1.85 bits per heavy atom. The Balaban J connectivity index is 0.00000187. The lowest BCUT2D eigenvalue weighted by Gasteiger charge is -2.19. The molecule has 0 radical (unpaired) electrons. The fourth-order valence-electron chi connectivity index (χ4n) is 4.35. The number of nitrogens with zero attached hydrogens (tertiary/aromatic N) is 3. The van der Waals surface area contributed by atoms with Gasteiger partial charge in [0.1, 0.15) is 24.6 Å². The summed E-state index contributed by atoms with van der Waals surface area (Å²) < 4.78 is 14.1. The quantitative estimate of drug-likeness (QED) is 0.238. The van der Waals surface area contributed by atoms with Gasteiger partial charge in [0.25, 0.3) is 0 Å². The van der Waals surface area contributed by atoms with Crippen LogP contribution in [0, 0.1) is 5.92 Å². The van der Waals surface area contributed by atoms with E-state index < -0.39 is 0 Å². The number of nitrogens with two attached hydrogens (primary N) is 1. The number of ether oxygens (including phenoxy) is 2. The maximum atomic E-state index is 6.25. The number of unbranched alkanes of at least 4 members (excludes halogenated alkanes) is 7. The first-order valence-electron chi connectivity index (χ1n) is 13.1. The number of nitrogen functional groups attached to an aromatic ring is 1. The zero-order valence-electron chi connectivity index (χ0n) is 21.4. The van der Waals surface area contributed by atoms with Crippen molar-refractivity contribution < 1.29 is 9.47 Å². The monoisotopic (exact) mass is 458 g/mol. The first-order chi connectivity index (χ1) is 16.1. The molecule has 3 atom stereocenters. The number of hydrogen-bond acceptors (Lipinski definition) is 5. The molecule has 2 aromatic rings. The van der Waals surface area contributed by atoms with Gasteiger partial charge in [-0.3, -0.25) is 0 Å². The van der Waals surface area contributed by atoms with E-state index in [0.29, 0.717) is 18.3 Å². The molecule has 3 unspecified atom stereocenters. The Kier molecular flexibility index (Phi) is 12.3. The van der Waals surface area contributed by atoms with E-state index in [1.165, 1.54) is 57.7 Å². The maximum absolute atomic E-state index is 6.25. The standard InChI is InChI=1S/C25H40N4O2.C2H6/c1-4-5-6-7-8-9-10-11-12-19(2)20(3)30-17-21-13-16-24(31-21)22-14-15-23-25(26)27-18-28-29(22)23;1-2/h14-15,18-19,21,24H,3-13,16-17H2,1-2H3,(H2,26,27,28);1-2H3. The summed E-state index contributed by atoms with van der Waals surface area (Å²) in [6.07, 6.45) is 15.4. The maximum Gasteiger partial charge on any atom is 0.151 e. The van der Waals surface area contributed by atoms with Crippen LogP contribution >= 0.6 is 0 Å². The number of fused-ring (bicyclic) bond motifs is 1. The van der Waals surface area contributed by atoms with Crippen LogP contribution in [0.25, 0.3) is 5.52 Å². The van der Waals surface area contributed by atoms with Gasteiger partial charge in [0.15, 0.2) is 5.82 Å². The summed E-state index contributed by atoms with van der Waals surface area (Å²) in [7, 11) is 0. The molecule has 0 aromatic carbocycles. The molecule has 1 fully saturated rings. The fourth-order valence-corrected chi connectivity index (χ4v) is 4.35. The van der Waals surface area contributed by atoms with Crippen LogP contribution in [-0.2, 0) is 9.47 Å². The predicted octanol–water partition coefficient (Wildman–Crippen LogP) is 7.26. The molecule has 6 nitrogen and oxygen atoms in total. The normalized spacial score (nSPS) is 18.7. The molecule has 2 aromatic heterocycles. The third kappa shape index (κ3) is 8.33. The van der Waals surface area contributed by atoms with Crippen molar-refractivity contribution in [3.8, 4) is 0 Å². The molecule has 3 heterocycles. The lowest BCUT2D eigenvalue weighted by Crippen LogP contribution is -2.17. The Morgan fingerprint density at radius 1 is 1.15 bits per heavy atom. The molecule has 1 aliphatic heterocycles. The van der Waals surface area contributed by atoms with E-state index in [-0.39, 0.29) is 12.2 Å². The molecule has 3 rings (SSSR count). The van der Waals surface area contributed by atoms with E-state index in [0.717, 1.165) is 36.2 Å². The molecule has 0 aliphatic carbocycles. The van der Waals surface area contributed by atoms with Crippen LogP contribution in [0.4, 0.5) is 5.82 Å².